The molecule has 0 spiro atoms. The average molecular weight is 498 g/mol. The minimum atomic E-state index is -3.60. The molecule has 3 fully saturated rings. The van der Waals surface area contributed by atoms with Gasteiger partial charge in [-0.1, -0.05) is 12.1 Å². The Hall–Kier alpha value is -1.75. The van der Waals surface area contributed by atoms with E-state index >= 15 is 0 Å². The van der Waals surface area contributed by atoms with Gasteiger partial charge in [0.25, 0.3) is 10.2 Å². The van der Waals surface area contributed by atoms with Crippen molar-refractivity contribution in [2.24, 2.45) is 5.92 Å². The van der Waals surface area contributed by atoms with Crippen LogP contribution in [0.4, 0.5) is 9.18 Å². The van der Waals surface area contributed by atoms with Crippen LogP contribution in [0.5, 0.6) is 0 Å². The molecule has 8 nitrogen and oxygen atoms in total. The molecular formula is C24H36FN3O5S. The predicted molar refractivity (Wildman–Crippen MR) is 126 cm³/mol. The van der Waals surface area contributed by atoms with E-state index in [-0.39, 0.29) is 36.1 Å². The molecule has 4 rings (SSSR count). The maximum Gasteiger partial charge on any atom is 0.410 e. The van der Waals surface area contributed by atoms with Gasteiger partial charge in [-0.2, -0.15) is 17.4 Å². The highest BCUT2D eigenvalue weighted by Gasteiger charge is 2.37. The molecule has 0 radical (unpaired) electrons. The fourth-order valence-electron chi connectivity index (χ4n) is 4.80. The van der Waals surface area contributed by atoms with Crippen molar-refractivity contribution in [1.29, 1.82) is 0 Å². The lowest BCUT2D eigenvalue weighted by atomic mass is 9.82. The maximum atomic E-state index is 13.6. The first-order valence-electron chi connectivity index (χ1n) is 12.2. The smallest absolute Gasteiger partial charge is 0.410 e. The molecule has 3 aliphatic rings. The number of ether oxygens (including phenoxy) is 2. The summed E-state index contributed by atoms with van der Waals surface area (Å²) in [6.07, 6.45) is 5.70. The van der Waals surface area contributed by atoms with E-state index in [1.165, 1.54) is 20.2 Å². The number of hydrogen-bond acceptors (Lipinski definition) is 5. The Labute approximate surface area is 202 Å². The van der Waals surface area contributed by atoms with Crippen LogP contribution in [0.1, 0.15) is 56.4 Å². The Morgan fingerprint density at radius 3 is 2.47 bits per heavy atom. The Morgan fingerprint density at radius 1 is 1.12 bits per heavy atom. The zero-order chi connectivity index (χ0) is 24.3. The van der Waals surface area contributed by atoms with Gasteiger partial charge in [-0.3, -0.25) is 0 Å². The van der Waals surface area contributed by atoms with Crippen LogP contribution in [0.15, 0.2) is 24.3 Å². The lowest BCUT2D eigenvalue weighted by Crippen LogP contribution is -2.55. The van der Waals surface area contributed by atoms with Crippen LogP contribution in [0.3, 0.4) is 0 Å². The summed E-state index contributed by atoms with van der Waals surface area (Å²) < 4.78 is 54.1. The van der Waals surface area contributed by atoms with Crippen molar-refractivity contribution in [3.8, 4) is 0 Å². The second-order valence-electron chi connectivity index (χ2n) is 9.95. The van der Waals surface area contributed by atoms with Gasteiger partial charge >= 0.3 is 6.09 Å². The van der Waals surface area contributed by atoms with E-state index in [1.54, 1.807) is 17.0 Å². The zero-order valence-corrected chi connectivity index (χ0v) is 20.8. The molecule has 10 heteroatoms. The van der Waals surface area contributed by atoms with Crippen LogP contribution < -0.4 is 4.72 Å². The highest BCUT2D eigenvalue weighted by molar-refractivity contribution is 7.87. The molecular weight excluding hydrogens is 461 g/mol. The third kappa shape index (κ3) is 6.68. The number of likely N-dealkylation sites (tertiary alicyclic amines) is 1. The molecule has 0 bridgehead atoms. The number of nitrogens with zero attached hydrogens (tertiary/aromatic N) is 2. The van der Waals surface area contributed by atoms with Gasteiger partial charge < -0.3 is 14.4 Å². The van der Waals surface area contributed by atoms with E-state index in [0.29, 0.717) is 32.0 Å². The molecule has 34 heavy (non-hydrogen) atoms. The largest absolute Gasteiger partial charge is 0.446 e. The summed E-state index contributed by atoms with van der Waals surface area (Å²) in [5, 5.41) is 0. The van der Waals surface area contributed by atoms with Crippen molar-refractivity contribution < 1.29 is 27.1 Å². The molecule has 1 amide bonds. The maximum absolute atomic E-state index is 13.6. The summed E-state index contributed by atoms with van der Waals surface area (Å²) in [4.78, 5) is 14.2. The SMILES string of the molecule is CN(C)S(=O)(=O)N[C@H]1CCN(C(=O)OC2CC2)CC1COC1CCC(c2cccc(F)c2)CC1. The van der Waals surface area contributed by atoms with Gasteiger partial charge in [-0.15, -0.1) is 0 Å². The Morgan fingerprint density at radius 2 is 1.82 bits per heavy atom. The molecule has 1 N–H and O–H groups in total. The number of rotatable bonds is 8. The molecule has 0 aromatic heterocycles. The minimum absolute atomic E-state index is 0.0282. The van der Waals surface area contributed by atoms with Gasteiger partial charge in [-0.25, -0.2) is 9.18 Å². The van der Waals surface area contributed by atoms with Crippen molar-refractivity contribution >= 4 is 16.3 Å². The number of hydrogen-bond donors (Lipinski definition) is 1. The van der Waals surface area contributed by atoms with Crippen LogP contribution in [0, 0.1) is 11.7 Å². The number of amides is 1. The summed E-state index contributed by atoms with van der Waals surface area (Å²) >= 11 is 0. The summed E-state index contributed by atoms with van der Waals surface area (Å²) in [7, 11) is -0.613. The van der Waals surface area contributed by atoms with Gasteiger partial charge in [-0.05, 0) is 68.6 Å². The first-order chi connectivity index (χ1) is 16.2. The molecule has 2 aliphatic carbocycles. The first kappa shape index (κ1) is 25.3. The lowest BCUT2D eigenvalue weighted by Gasteiger charge is -2.39. The first-order valence-corrected chi connectivity index (χ1v) is 13.7. The van der Waals surface area contributed by atoms with Gasteiger partial charge in [0.05, 0.1) is 12.7 Å². The van der Waals surface area contributed by atoms with Crippen molar-refractivity contribution in [2.45, 2.75) is 69.1 Å². The Kier molecular flexibility index (Phi) is 8.12. The van der Waals surface area contributed by atoms with Crippen molar-refractivity contribution in [3.63, 3.8) is 0 Å². The van der Waals surface area contributed by atoms with Crippen molar-refractivity contribution in [1.82, 2.24) is 13.9 Å². The summed E-state index contributed by atoms with van der Waals surface area (Å²) in [6, 6.07) is 6.50. The standard InChI is InChI=1S/C24H36FN3O5S/c1-27(2)34(30,31)26-23-12-13-28(24(29)33-22-10-11-22)15-19(23)16-32-21-8-6-17(7-9-21)18-4-3-5-20(25)14-18/h3-5,14,17,19,21-23,26H,6-13,15-16H2,1-2H3/t17?,19?,21?,23-/m0/s1. The Bertz CT molecular complexity index is 948. The molecule has 1 heterocycles. The summed E-state index contributed by atoms with van der Waals surface area (Å²) in [5.74, 6) is -0.0436. The van der Waals surface area contributed by atoms with E-state index in [1.807, 2.05) is 6.07 Å². The van der Waals surface area contributed by atoms with E-state index in [0.717, 1.165) is 48.4 Å². The third-order valence-electron chi connectivity index (χ3n) is 7.11. The van der Waals surface area contributed by atoms with Gasteiger partial charge in [0, 0.05) is 39.1 Å². The van der Waals surface area contributed by atoms with E-state index in [4.69, 9.17) is 9.47 Å². The van der Waals surface area contributed by atoms with Crippen LogP contribution in [-0.2, 0) is 19.7 Å². The molecule has 1 aromatic carbocycles. The molecule has 2 saturated carbocycles. The normalized spacial score (nSPS) is 28.2. The van der Waals surface area contributed by atoms with E-state index in [9.17, 15) is 17.6 Å². The van der Waals surface area contributed by atoms with Crippen LogP contribution >= 0.6 is 0 Å². The van der Waals surface area contributed by atoms with Gasteiger partial charge in [0.1, 0.15) is 11.9 Å². The number of carbonyl (C=O) groups excluding carboxylic acids is 1. The molecule has 1 aliphatic heterocycles. The fourth-order valence-corrected chi connectivity index (χ4v) is 5.71. The predicted octanol–water partition coefficient (Wildman–Crippen LogP) is 3.25. The van der Waals surface area contributed by atoms with Crippen molar-refractivity contribution in [2.75, 3.05) is 33.8 Å². The topological polar surface area (TPSA) is 88.2 Å². The molecule has 190 valence electrons. The van der Waals surface area contributed by atoms with E-state index < -0.39 is 10.2 Å². The molecule has 2 atom stereocenters. The number of piperidine rings is 1. The molecule has 1 unspecified atom stereocenters. The van der Waals surface area contributed by atoms with Gasteiger partial charge in [0.15, 0.2) is 0 Å². The van der Waals surface area contributed by atoms with Gasteiger partial charge in [0.2, 0.25) is 0 Å². The van der Waals surface area contributed by atoms with Crippen molar-refractivity contribution in [3.05, 3.63) is 35.6 Å². The zero-order valence-electron chi connectivity index (χ0n) is 20.0. The molecule has 1 aromatic rings. The third-order valence-corrected chi connectivity index (χ3v) is 8.67. The number of halogens is 1. The monoisotopic (exact) mass is 497 g/mol. The number of carbonyl (C=O) groups is 1. The quantitative estimate of drug-likeness (QED) is 0.596. The second kappa shape index (κ2) is 10.9. The summed E-state index contributed by atoms with van der Waals surface area (Å²) in [6.45, 7) is 1.20. The minimum Gasteiger partial charge on any atom is -0.446 e. The lowest BCUT2D eigenvalue weighted by molar-refractivity contribution is -0.0173. The average Bonchev–Trinajstić information content (AvgIpc) is 3.62. The fraction of sp³-hybridized carbons (Fsp3) is 0.708. The highest BCUT2D eigenvalue weighted by atomic mass is 32.2. The van der Waals surface area contributed by atoms with Crippen LogP contribution in [-0.4, -0.2) is 75.8 Å². The Balaban J connectivity index is 1.33. The second-order valence-corrected chi connectivity index (χ2v) is 11.9. The number of benzene rings is 1. The van der Waals surface area contributed by atoms with Crippen LogP contribution in [0.2, 0.25) is 0 Å². The summed E-state index contributed by atoms with van der Waals surface area (Å²) in [5.41, 5.74) is 1.04. The molecule has 1 saturated heterocycles. The highest BCUT2D eigenvalue weighted by Crippen LogP contribution is 2.35. The van der Waals surface area contributed by atoms with Crippen LogP contribution in [0.25, 0.3) is 0 Å². The number of nitrogens with one attached hydrogen (secondary N) is 1. The van der Waals surface area contributed by atoms with E-state index in [2.05, 4.69) is 4.72 Å².